The Kier molecular flexibility index (Phi) is 5.11. The van der Waals surface area contributed by atoms with Gasteiger partial charge in [0.2, 0.25) is 0 Å². The Labute approximate surface area is 130 Å². The highest BCUT2D eigenvalue weighted by atomic mass is 16.1. The summed E-state index contributed by atoms with van der Waals surface area (Å²) in [6.07, 6.45) is 2.54. The van der Waals surface area contributed by atoms with Gasteiger partial charge in [-0.2, -0.15) is 5.26 Å². The molecular weight excluding hydrogens is 272 g/mol. The van der Waals surface area contributed by atoms with Crippen LogP contribution in [-0.2, 0) is 11.2 Å². The number of anilines is 1. The molecule has 0 spiro atoms. The summed E-state index contributed by atoms with van der Waals surface area (Å²) in [6.45, 7) is 4.07. The van der Waals surface area contributed by atoms with Gasteiger partial charge in [-0.15, -0.1) is 0 Å². The summed E-state index contributed by atoms with van der Waals surface area (Å²) in [5.41, 5.74) is 3.94. The minimum atomic E-state index is -0.396. The van der Waals surface area contributed by atoms with Crippen LogP contribution in [0.15, 0.2) is 54.1 Å². The van der Waals surface area contributed by atoms with Crippen molar-refractivity contribution in [2.24, 2.45) is 0 Å². The fraction of sp³-hybridized carbons (Fsp3) is 0.158. The summed E-state index contributed by atoms with van der Waals surface area (Å²) in [4.78, 5) is 12.2. The molecule has 22 heavy (non-hydrogen) atoms. The van der Waals surface area contributed by atoms with Gasteiger partial charge in [0.05, 0.1) is 0 Å². The molecule has 0 aliphatic heterocycles. The maximum Gasteiger partial charge on any atom is 0.266 e. The first kappa shape index (κ1) is 15.5. The molecule has 0 aromatic heterocycles. The van der Waals surface area contributed by atoms with Gasteiger partial charge in [0.1, 0.15) is 11.6 Å². The van der Waals surface area contributed by atoms with Gasteiger partial charge < -0.3 is 5.32 Å². The van der Waals surface area contributed by atoms with Crippen LogP contribution >= 0.6 is 0 Å². The maximum absolute atomic E-state index is 12.2. The Balaban J connectivity index is 2.14. The van der Waals surface area contributed by atoms with Crippen LogP contribution in [0, 0.1) is 18.3 Å². The van der Waals surface area contributed by atoms with Crippen molar-refractivity contribution in [1.29, 1.82) is 5.26 Å². The second-order valence-electron chi connectivity index (χ2n) is 5.09. The van der Waals surface area contributed by atoms with Crippen LogP contribution in [0.3, 0.4) is 0 Å². The number of rotatable bonds is 4. The van der Waals surface area contributed by atoms with Crippen molar-refractivity contribution in [3.05, 3.63) is 70.8 Å². The molecule has 0 radical (unpaired) electrons. The molecule has 0 unspecified atom stereocenters. The van der Waals surface area contributed by atoms with Crippen molar-refractivity contribution in [2.45, 2.75) is 20.3 Å². The molecule has 2 rings (SSSR count). The summed E-state index contributed by atoms with van der Waals surface area (Å²) in [7, 11) is 0. The van der Waals surface area contributed by atoms with E-state index in [1.165, 1.54) is 5.56 Å². The van der Waals surface area contributed by atoms with Gasteiger partial charge in [0.15, 0.2) is 0 Å². The van der Waals surface area contributed by atoms with Crippen LogP contribution in [0.2, 0.25) is 0 Å². The van der Waals surface area contributed by atoms with Gasteiger partial charge in [0, 0.05) is 5.69 Å². The number of aryl methyl sites for hydroxylation is 2. The molecule has 1 N–H and O–H groups in total. The average molecular weight is 290 g/mol. The smallest absolute Gasteiger partial charge is 0.266 e. The van der Waals surface area contributed by atoms with E-state index in [0.29, 0.717) is 5.69 Å². The van der Waals surface area contributed by atoms with E-state index in [-0.39, 0.29) is 5.57 Å². The quantitative estimate of drug-likeness (QED) is 0.680. The van der Waals surface area contributed by atoms with E-state index in [2.05, 4.69) is 12.2 Å². The molecule has 2 aromatic rings. The highest BCUT2D eigenvalue weighted by Gasteiger charge is 2.09. The Bertz CT molecular complexity index is 720. The van der Waals surface area contributed by atoms with Crippen LogP contribution in [0.1, 0.15) is 23.6 Å². The first-order chi connectivity index (χ1) is 10.6. The van der Waals surface area contributed by atoms with Gasteiger partial charge in [-0.05, 0) is 42.7 Å². The Morgan fingerprint density at radius 1 is 1.14 bits per heavy atom. The molecule has 0 fully saturated rings. The summed E-state index contributed by atoms with van der Waals surface area (Å²) < 4.78 is 0. The van der Waals surface area contributed by atoms with Crippen molar-refractivity contribution in [1.82, 2.24) is 0 Å². The molecule has 0 atom stereocenters. The molecule has 3 heteroatoms. The lowest BCUT2D eigenvalue weighted by molar-refractivity contribution is -0.112. The normalized spacial score (nSPS) is 10.9. The summed E-state index contributed by atoms with van der Waals surface area (Å²) in [6, 6.07) is 17.2. The van der Waals surface area contributed by atoms with Gasteiger partial charge in [-0.3, -0.25) is 4.79 Å². The van der Waals surface area contributed by atoms with Crippen molar-refractivity contribution >= 4 is 17.7 Å². The number of nitrogens with one attached hydrogen (secondary N) is 1. The Morgan fingerprint density at radius 2 is 1.77 bits per heavy atom. The van der Waals surface area contributed by atoms with Crippen molar-refractivity contribution < 1.29 is 4.79 Å². The molecular formula is C19H18N2O. The molecule has 0 saturated heterocycles. The summed E-state index contributed by atoms with van der Waals surface area (Å²) in [5.74, 6) is -0.396. The van der Waals surface area contributed by atoms with Gasteiger partial charge in [-0.1, -0.05) is 48.9 Å². The molecule has 0 saturated carbocycles. The average Bonchev–Trinajstić information content (AvgIpc) is 2.55. The van der Waals surface area contributed by atoms with Crippen LogP contribution in [0.4, 0.5) is 5.69 Å². The third-order valence-corrected chi connectivity index (χ3v) is 3.37. The van der Waals surface area contributed by atoms with E-state index in [1.54, 1.807) is 6.08 Å². The predicted molar refractivity (Wildman–Crippen MR) is 89.2 cm³/mol. The molecule has 2 aromatic carbocycles. The Hall–Kier alpha value is -2.86. The largest absolute Gasteiger partial charge is 0.321 e. The molecule has 0 aliphatic rings. The lowest BCUT2D eigenvalue weighted by Crippen LogP contribution is -2.13. The number of carbonyl (C=O) groups is 1. The molecule has 0 bridgehead atoms. The standard InChI is InChI=1S/C19H18N2O/c1-3-15-8-10-18(11-9-15)21-19(22)17(13-20)12-16-6-4-14(2)5-7-16/h4-12H,3H2,1-2H3,(H,21,22)/b17-12+. The van der Waals surface area contributed by atoms with E-state index in [4.69, 9.17) is 0 Å². The topological polar surface area (TPSA) is 52.9 Å². The van der Waals surface area contributed by atoms with Crippen LogP contribution in [0.25, 0.3) is 6.08 Å². The van der Waals surface area contributed by atoms with E-state index in [9.17, 15) is 10.1 Å². The lowest BCUT2D eigenvalue weighted by Gasteiger charge is -2.05. The Morgan fingerprint density at radius 3 is 2.32 bits per heavy atom. The molecule has 1 amide bonds. The number of benzene rings is 2. The highest BCUT2D eigenvalue weighted by Crippen LogP contribution is 2.13. The van der Waals surface area contributed by atoms with Crippen molar-refractivity contribution in [3.63, 3.8) is 0 Å². The predicted octanol–water partition coefficient (Wildman–Crippen LogP) is 4.10. The third-order valence-electron chi connectivity index (χ3n) is 3.37. The second kappa shape index (κ2) is 7.24. The SMILES string of the molecule is CCc1ccc(NC(=O)/C(C#N)=C/c2ccc(C)cc2)cc1. The zero-order valence-corrected chi connectivity index (χ0v) is 12.8. The lowest BCUT2D eigenvalue weighted by atomic mass is 10.1. The van der Waals surface area contributed by atoms with E-state index in [1.807, 2.05) is 61.5 Å². The first-order valence-corrected chi connectivity index (χ1v) is 7.21. The number of nitrogens with zero attached hydrogens (tertiary/aromatic N) is 1. The van der Waals surface area contributed by atoms with Crippen molar-refractivity contribution in [3.8, 4) is 6.07 Å². The van der Waals surface area contributed by atoms with Crippen LogP contribution in [-0.4, -0.2) is 5.91 Å². The molecule has 0 aliphatic carbocycles. The number of hydrogen-bond donors (Lipinski definition) is 1. The fourth-order valence-electron chi connectivity index (χ4n) is 2.00. The summed E-state index contributed by atoms with van der Waals surface area (Å²) in [5, 5.41) is 11.9. The van der Waals surface area contributed by atoms with E-state index >= 15 is 0 Å². The number of amides is 1. The minimum absolute atomic E-state index is 0.0865. The first-order valence-electron chi connectivity index (χ1n) is 7.21. The molecule has 0 heterocycles. The number of carbonyl (C=O) groups excluding carboxylic acids is 1. The van der Waals surface area contributed by atoms with E-state index in [0.717, 1.165) is 17.5 Å². The van der Waals surface area contributed by atoms with E-state index < -0.39 is 5.91 Å². The molecule has 3 nitrogen and oxygen atoms in total. The highest BCUT2D eigenvalue weighted by molar-refractivity contribution is 6.09. The van der Waals surface area contributed by atoms with Gasteiger partial charge in [-0.25, -0.2) is 0 Å². The number of hydrogen-bond acceptors (Lipinski definition) is 2. The third kappa shape index (κ3) is 4.07. The summed E-state index contributed by atoms with van der Waals surface area (Å²) >= 11 is 0. The number of nitriles is 1. The zero-order valence-electron chi connectivity index (χ0n) is 12.8. The fourth-order valence-corrected chi connectivity index (χ4v) is 2.00. The minimum Gasteiger partial charge on any atom is -0.321 e. The van der Waals surface area contributed by atoms with Gasteiger partial charge in [0.25, 0.3) is 5.91 Å². The van der Waals surface area contributed by atoms with Crippen LogP contribution in [0.5, 0.6) is 0 Å². The second-order valence-corrected chi connectivity index (χ2v) is 5.09. The molecule has 110 valence electrons. The zero-order chi connectivity index (χ0) is 15.9. The monoisotopic (exact) mass is 290 g/mol. The van der Waals surface area contributed by atoms with Gasteiger partial charge >= 0.3 is 0 Å². The van der Waals surface area contributed by atoms with Crippen LogP contribution < -0.4 is 5.32 Å². The maximum atomic E-state index is 12.2. The van der Waals surface area contributed by atoms with Crippen molar-refractivity contribution in [2.75, 3.05) is 5.32 Å².